The van der Waals surface area contributed by atoms with Gasteiger partial charge in [0, 0.05) is 38.4 Å². The molecule has 1 unspecified atom stereocenters. The minimum Gasteiger partial charge on any atom is -0.337 e. The second kappa shape index (κ2) is 7.12. The predicted octanol–water partition coefficient (Wildman–Crippen LogP) is 3.50. The molecule has 2 aromatic heterocycles. The molecule has 5 nitrogen and oxygen atoms in total. The SMILES string of the molecule is Cn1cc(C2CCCN(C(=O)c3cc(-c4ccccc4)ccn3)C2)cn1. The number of amides is 1. The van der Waals surface area contributed by atoms with Crippen molar-refractivity contribution in [3.63, 3.8) is 0 Å². The number of piperidine rings is 1. The lowest BCUT2D eigenvalue weighted by Gasteiger charge is -2.32. The molecule has 0 radical (unpaired) electrons. The van der Waals surface area contributed by atoms with Crippen molar-refractivity contribution in [1.82, 2.24) is 19.7 Å². The Balaban J connectivity index is 1.54. The van der Waals surface area contributed by atoms with E-state index >= 15 is 0 Å². The zero-order valence-electron chi connectivity index (χ0n) is 14.9. The molecule has 1 aromatic carbocycles. The van der Waals surface area contributed by atoms with E-state index in [-0.39, 0.29) is 5.91 Å². The largest absolute Gasteiger partial charge is 0.337 e. The molecule has 0 N–H and O–H groups in total. The summed E-state index contributed by atoms with van der Waals surface area (Å²) in [6, 6.07) is 13.9. The summed E-state index contributed by atoms with van der Waals surface area (Å²) in [7, 11) is 1.92. The smallest absolute Gasteiger partial charge is 0.272 e. The standard InChI is InChI=1S/C21H22N4O/c1-24-14-19(13-23-24)18-8-5-11-25(15-18)21(26)20-12-17(9-10-22-20)16-6-3-2-4-7-16/h2-4,6-7,9-10,12-14,18H,5,8,11,15H2,1H3. The lowest BCUT2D eigenvalue weighted by molar-refractivity contribution is 0.0701. The Hall–Kier alpha value is -2.95. The molecule has 3 aromatic rings. The molecule has 0 saturated carbocycles. The summed E-state index contributed by atoms with van der Waals surface area (Å²) < 4.78 is 1.82. The van der Waals surface area contributed by atoms with E-state index in [9.17, 15) is 4.79 Å². The van der Waals surface area contributed by atoms with Crippen LogP contribution in [-0.4, -0.2) is 38.7 Å². The number of hydrogen-bond donors (Lipinski definition) is 0. The van der Waals surface area contributed by atoms with Crippen LogP contribution in [0.2, 0.25) is 0 Å². The number of pyridine rings is 1. The molecule has 4 rings (SSSR count). The molecule has 3 heterocycles. The molecule has 1 saturated heterocycles. The Labute approximate surface area is 153 Å². The third-order valence-electron chi connectivity index (χ3n) is 4.99. The summed E-state index contributed by atoms with van der Waals surface area (Å²) in [4.78, 5) is 19.3. The van der Waals surface area contributed by atoms with Crippen LogP contribution < -0.4 is 0 Å². The fourth-order valence-corrected chi connectivity index (χ4v) is 3.60. The minimum absolute atomic E-state index is 0.0105. The van der Waals surface area contributed by atoms with E-state index in [1.807, 2.05) is 71.5 Å². The molecule has 0 spiro atoms. The van der Waals surface area contributed by atoms with E-state index in [2.05, 4.69) is 10.1 Å². The summed E-state index contributed by atoms with van der Waals surface area (Å²) >= 11 is 0. The average Bonchev–Trinajstić information content (AvgIpc) is 3.15. The topological polar surface area (TPSA) is 51.0 Å². The third-order valence-corrected chi connectivity index (χ3v) is 4.99. The first-order valence-electron chi connectivity index (χ1n) is 9.00. The molecule has 0 bridgehead atoms. The quantitative estimate of drug-likeness (QED) is 0.729. The second-order valence-electron chi connectivity index (χ2n) is 6.83. The first-order chi connectivity index (χ1) is 12.7. The fraction of sp³-hybridized carbons (Fsp3) is 0.286. The lowest BCUT2D eigenvalue weighted by atomic mass is 9.92. The van der Waals surface area contributed by atoms with Crippen LogP contribution in [-0.2, 0) is 7.05 Å². The Kier molecular flexibility index (Phi) is 4.52. The van der Waals surface area contributed by atoms with E-state index in [1.165, 1.54) is 5.56 Å². The second-order valence-corrected chi connectivity index (χ2v) is 6.83. The van der Waals surface area contributed by atoms with Gasteiger partial charge in [-0.05, 0) is 41.7 Å². The highest BCUT2D eigenvalue weighted by atomic mass is 16.2. The number of benzene rings is 1. The maximum absolute atomic E-state index is 13.0. The van der Waals surface area contributed by atoms with Gasteiger partial charge in [-0.2, -0.15) is 5.10 Å². The van der Waals surface area contributed by atoms with Crippen LogP contribution in [0, 0.1) is 0 Å². The van der Waals surface area contributed by atoms with Gasteiger partial charge in [-0.15, -0.1) is 0 Å². The van der Waals surface area contributed by atoms with Gasteiger partial charge in [0.05, 0.1) is 6.20 Å². The van der Waals surface area contributed by atoms with Gasteiger partial charge >= 0.3 is 0 Å². The Morgan fingerprint density at radius 3 is 2.77 bits per heavy atom. The van der Waals surface area contributed by atoms with Crippen molar-refractivity contribution in [2.75, 3.05) is 13.1 Å². The average molecular weight is 346 g/mol. The van der Waals surface area contributed by atoms with Gasteiger partial charge in [-0.25, -0.2) is 0 Å². The van der Waals surface area contributed by atoms with Gasteiger partial charge in [0.1, 0.15) is 5.69 Å². The maximum atomic E-state index is 13.0. The van der Waals surface area contributed by atoms with Crippen LogP contribution in [0.5, 0.6) is 0 Å². The van der Waals surface area contributed by atoms with Gasteiger partial charge in [-0.1, -0.05) is 30.3 Å². The summed E-state index contributed by atoms with van der Waals surface area (Å²) in [5.74, 6) is 0.357. The van der Waals surface area contributed by atoms with Crippen molar-refractivity contribution in [2.24, 2.45) is 7.05 Å². The molecular weight excluding hydrogens is 324 g/mol. The highest BCUT2D eigenvalue weighted by Gasteiger charge is 2.27. The zero-order chi connectivity index (χ0) is 17.9. The van der Waals surface area contributed by atoms with Crippen molar-refractivity contribution in [3.8, 4) is 11.1 Å². The number of carbonyl (C=O) groups excluding carboxylic acids is 1. The monoisotopic (exact) mass is 346 g/mol. The number of carbonyl (C=O) groups is 1. The lowest BCUT2D eigenvalue weighted by Crippen LogP contribution is -2.39. The first kappa shape index (κ1) is 16.5. The van der Waals surface area contributed by atoms with Crippen molar-refractivity contribution in [1.29, 1.82) is 0 Å². The molecule has 0 aliphatic carbocycles. The molecule has 132 valence electrons. The number of nitrogens with zero attached hydrogens (tertiary/aromatic N) is 4. The Morgan fingerprint density at radius 1 is 1.15 bits per heavy atom. The number of hydrogen-bond acceptors (Lipinski definition) is 3. The van der Waals surface area contributed by atoms with Gasteiger partial charge in [0.25, 0.3) is 5.91 Å². The van der Waals surface area contributed by atoms with Gasteiger partial charge in [0.2, 0.25) is 0 Å². The van der Waals surface area contributed by atoms with Crippen molar-refractivity contribution in [2.45, 2.75) is 18.8 Å². The normalized spacial score (nSPS) is 17.3. The van der Waals surface area contributed by atoms with Crippen LogP contribution >= 0.6 is 0 Å². The number of aryl methyl sites for hydroxylation is 1. The van der Waals surface area contributed by atoms with Gasteiger partial charge < -0.3 is 4.90 Å². The molecule has 26 heavy (non-hydrogen) atoms. The molecule has 1 aliphatic heterocycles. The summed E-state index contributed by atoms with van der Waals surface area (Å²) in [6.07, 6.45) is 7.77. The molecular formula is C21H22N4O. The van der Waals surface area contributed by atoms with E-state index in [0.717, 1.165) is 37.1 Å². The fourth-order valence-electron chi connectivity index (χ4n) is 3.60. The van der Waals surface area contributed by atoms with Crippen LogP contribution in [0.1, 0.15) is 34.8 Å². The Morgan fingerprint density at radius 2 is 2.00 bits per heavy atom. The van der Waals surface area contributed by atoms with Crippen LogP contribution in [0.15, 0.2) is 61.1 Å². The number of likely N-dealkylation sites (tertiary alicyclic amines) is 1. The van der Waals surface area contributed by atoms with E-state index in [4.69, 9.17) is 0 Å². The Bertz CT molecular complexity index is 903. The molecule has 1 atom stereocenters. The third kappa shape index (κ3) is 3.38. The number of aromatic nitrogens is 3. The summed E-state index contributed by atoms with van der Waals surface area (Å²) in [5, 5.41) is 4.27. The highest BCUT2D eigenvalue weighted by molar-refractivity contribution is 5.93. The summed E-state index contributed by atoms with van der Waals surface area (Å²) in [6.45, 7) is 1.51. The van der Waals surface area contributed by atoms with E-state index < -0.39 is 0 Å². The van der Waals surface area contributed by atoms with Gasteiger partial charge in [0.15, 0.2) is 0 Å². The molecule has 1 amide bonds. The highest BCUT2D eigenvalue weighted by Crippen LogP contribution is 2.27. The van der Waals surface area contributed by atoms with Crippen molar-refractivity contribution >= 4 is 5.91 Å². The van der Waals surface area contributed by atoms with Crippen LogP contribution in [0.25, 0.3) is 11.1 Å². The van der Waals surface area contributed by atoms with Crippen molar-refractivity contribution in [3.05, 3.63) is 72.3 Å². The minimum atomic E-state index is 0.0105. The molecule has 1 fully saturated rings. The van der Waals surface area contributed by atoms with E-state index in [1.54, 1.807) is 6.20 Å². The van der Waals surface area contributed by atoms with Crippen LogP contribution in [0.3, 0.4) is 0 Å². The maximum Gasteiger partial charge on any atom is 0.272 e. The number of rotatable bonds is 3. The molecule has 1 aliphatic rings. The van der Waals surface area contributed by atoms with E-state index in [0.29, 0.717) is 11.6 Å². The van der Waals surface area contributed by atoms with Crippen LogP contribution in [0.4, 0.5) is 0 Å². The van der Waals surface area contributed by atoms with Crippen molar-refractivity contribution < 1.29 is 4.79 Å². The predicted molar refractivity (Wildman–Crippen MR) is 101 cm³/mol. The summed E-state index contributed by atoms with van der Waals surface area (Å²) in [5.41, 5.74) is 3.83. The first-order valence-corrected chi connectivity index (χ1v) is 9.00. The molecule has 5 heteroatoms. The van der Waals surface area contributed by atoms with Gasteiger partial charge in [-0.3, -0.25) is 14.5 Å². The zero-order valence-corrected chi connectivity index (χ0v) is 14.9.